The van der Waals surface area contributed by atoms with Crippen LogP contribution < -0.4 is 14.8 Å². The van der Waals surface area contributed by atoms with E-state index < -0.39 is 0 Å². The van der Waals surface area contributed by atoms with Crippen LogP contribution in [0.2, 0.25) is 0 Å². The Kier molecular flexibility index (Phi) is 3.70. The molecule has 2 aliphatic heterocycles. The molecule has 0 amide bonds. The van der Waals surface area contributed by atoms with Gasteiger partial charge in [0.2, 0.25) is 5.95 Å². The lowest BCUT2D eigenvalue weighted by Gasteiger charge is -2.34. The molecule has 1 N–H and O–H groups in total. The first-order chi connectivity index (χ1) is 13.1. The molecule has 1 aromatic heterocycles. The highest BCUT2D eigenvalue weighted by molar-refractivity contribution is 5.99. The van der Waals surface area contributed by atoms with Gasteiger partial charge in [0.15, 0.2) is 23.1 Å². The number of aryl methyl sites for hydroxylation is 1. The molecule has 0 spiro atoms. The average Bonchev–Trinajstić information content (AvgIpc) is 3.08. The monoisotopic (exact) mass is 366 g/mol. The molecule has 0 radical (unpaired) electrons. The molecular formula is C20H22N4O3. The smallest absolute Gasteiger partial charge is 0.226 e. The maximum atomic E-state index is 13.0. The van der Waals surface area contributed by atoms with Crippen LogP contribution >= 0.6 is 0 Å². The zero-order chi connectivity index (χ0) is 18.5. The van der Waals surface area contributed by atoms with E-state index in [1.807, 2.05) is 29.8 Å². The molecule has 2 atom stereocenters. The Labute approximate surface area is 157 Å². The fraction of sp³-hybridized carbons (Fsp3) is 0.450. The van der Waals surface area contributed by atoms with Gasteiger partial charge in [-0.25, -0.2) is 4.68 Å². The number of carbonyl (C=O) groups is 1. The third-order valence-corrected chi connectivity index (χ3v) is 5.37. The number of anilines is 1. The second-order valence-electron chi connectivity index (χ2n) is 7.41. The van der Waals surface area contributed by atoms with Gasteiger partial charge in [-0.2, -0.15) is 10.1 Å². The van der Waals surface area contributed by atoms with Crippen molar-refractivity contribution < 1.29 is 14.3 Å². The van der Waals surface area contributed by atoms with Gasteiger partial charge in [0, 0.05) is 24.1 Å². The highest BCUT2D eigenvalue weighted by Gasteiger charge is 2.38. The molecule has 27 heavy (non-hydrogen) atoms. The number of Topliss-reactive ketones (excluding diaryl/α,β-unsaturated/α-hetero) is 1. The van der Waals surface area contributed by atoms with E-state index in [2.05, 4.69) is 22.3 Å². The fourth-order valence-corrected chi connectivity index (χ4v) is 4.14. The number of nitrogens with zero attached hydrogens (tertiary/aromatic N) is 3. The second-order valence-corrected chi connectivity index (χ2v) is 7.41. The molecule has 0 fully saturated rings. The number of carbonyl (C=O) groups excluding carboxylic acids is 1. The lowest BCUT2D eigenvalue weighted by molar-refractivity contribution is -0.117. The number of benzene rings is 1. The lowest BCUT2D eigenvalue weighted by atomic mass is 9.81. The van der Waals surface area contributed by atoms with Gasteiger partial charge in [-0.3, -0.25) is 4.79 Å². The van der Waals surface area contributed by atoms with Crippen molar-refractivity contribution in [2.24, 2.45) is 5.92 Å². The Bertz CT molecular complexity index is 962. The Morgan fingerprint density at radius 3 is 2.85 bits per heavy atom. The maximum absolute atomic E-state index is 13.0. The number of hydrogen-bond donors (Lipinski definition) is 1. The molecule has 1 aliphatic carbocycles. The molecule has 0 bridgehead atoms. The van der Waals surface area contributed by atoms with Crippen LogP contribution in [0.4, 0.5) is 5.95 Å². The zero-order valence-electron chi connectivity index (χ0n) is 15.5. The van der Waals surface area contributed by atoms with E-state index in [9.17, 15) is 4.79 Å². The third kappa shape index (κ3) is 2.60. The SMILES string of the molecule is CCc1nc2n(n1)C(c1ccc3c(c1)OCCO3)C1=C(CC(C)CC1=O)N2. The van der Waals surface area contributed by atoms with E-state index in [1.54, 1.807) is 0 Å². The Balaban J connectivity index is 1.67. The van der Waals surface area contributed by atoms with Gasteiger partial charge in [-0.1, -0.05) is 19.9 Å². The predicted molar refractivity (Wildman–Crippen MR) is 99.0 cm³/mol. The summed E-state index contributed by atoms with van der Waals surface area (Å²) in [6.07, 6.45) is 2.15. The zero-order valence-corrected chi connectivity index (χ0v) is 15.5. The van der Waals surface area contributed by atoms with Crippen molar-refractivity contribution in [3.05, 3.63) is 40.9 Å². The summed E-state index contributed by atoms with van der Waals surface area (Å²) in [5.41, 5.74) is 2.73. The van der Waals surface area contributed by atoms with Crippen molar-refractivity contribution in [3.63, 3.8) is 0 Å². The summed E-state index contributed by atoms with van der Waals surface area (Å²) in [6.45, 7) is 5.22. The molecular weight excluding hydrogens is 344 g/mol. The van der Waals surface area contributed by atoms with Crippen LogP contribution in [0.25, 0.3) is 0 Å². The second kappa shape index (κ2) is 6.11. The molecule has 1 aromatic carbocycles. The van der Waals surface area contributed by atoms with E-state index in [4.69, 9.17) is 9.47 Å². The van der Waals surface area contributed by atoms with Crippen LogP contribution in [-0.4, -0.2) is 33.8 Å². The van der Waals surface area contributed by atoms with Gasteiger partial charge in [-0.15, -0.1) is 0 Å². The summed E-state index contributed by atoms with van der Waals surface area (Å²) < 4.78 is 13.3. The van der Waals surface area contributed by atoms with Crippen LogP contribution in [0.3, 0.4) is 0 Å². The number of allylic oxidation sites excluding steroid dienone is 2. The van der Waals surface area contributed by atoms with Gasteiger partial charge in [0.05, 0.1) is 0 Å². The van der Waals surface area contributed by atoms with Crippen LogP contribution in [0.15, 0.2) is 29.5 Å². The number of rotatable bonds is 2. The standard InChI is InChI=1S/C20H22N4O3/c1-3-17-22-20-21-13-8-11(2)9-14(25)18(13)19(24(20)23-17)12-4-5-15-16(10-12)27-7-6-26-15/h4-5,10-11,19H,3,6-9H2,1-2H3,(H,21,22,23). The summed E-state index contributed by atoms with van der Waals surface area (Å²) in [5, 5.41) is 8.04. The van der Waals surface area contributed by atoms with E-state index in [1.165, 1.54) is 0 Å². The summed E-state index contributed by atoms with van der Waals surface area (Å²) in [4.78, 5) is 17.6. The van der Waals surface area contributed by atoms with Crippen molar-refractivity contribution in [2.75, 3.05) is 18.5 Å². The summed E-state index contributed by atoms with van der Waals surface area (Å²) in [7, 11) is 0. The van der Waals surface area contributed by atoms with Crippen molar-refractivity contribution in [3.8, 4) is 11.5 Å². The fourth-order valence-electron chi connectivity index (χ4n) is 4.14. The predicted octanol–water partition coefficient (Wildman–Crippen LogP) is 2.88. The van der Waals surface area contributed by atoms with Crippen LogP contribution in [-0.2, 0) is 11.2 Å². The van der Waals surface area contributed by atoms with Gasteiger partial charge in [0.1, 0.15) is 19.3 Å². The molecule has 0 saturated carbocycles. The molecule has 2 unspecified atom stereocenters. The third-order valence-electron chi connectivity index (χ3n) is 5.37. The molecule has 5 rings (SSSR count). The number of fused-ring (bicyclic) bond motifs is 2. The normalized spacial score (nSPS) is 23.6. The number of ether oxygens (including phenoxy) is 2. The molecule has 7 heteroatoms. The molecule has 140 valence electrons. The Morgan fingerprint density at radius 2 is 2.04 bits per heavy atom. The topological polar surface area (TPSA) is 78.3 Å². The number of hydrogen-bond acceptors (Lipinski definition) is 6. The number of ketones is 1. The maximum Gasteiger partial charge on any atom is 0.226 e. The highest BCUT2D eigenvalue weighted by atomic mass is 16.6. The van der Waals surface area contributed by atoms with E-state index >= 15 is 0 Å². The van der Waals surface area contributed by atoms with Gasteiger partial charge < -0.3 is 14.8 Å². The van der Waals surface area contributed by atoms with Crippen molar-refractivity contribution in [1.82, 2.24) is 14.8 Å². The van der Waals surface area contributed by atoms with E-state index in [0.29, 0.717) is 37.3 Å². The first-order valence-corrected chi connectivity index (χ1v) is 9.52. The molecule has 2 aromatic rings. The van der Waals surface area contributed by atoms with Crippen LogP contribution in [0.1, 0.15) is 44.1 Å². The minimum atomic E-state index is -0.292. The minimum absolute atomic E-state index is 0.176. The number of aromatic nitrogens is 3. The van der Waals surface area contributed by atoms with Crippen LogP contribution in [0, 0.1) is 5.92 Å². The molecule has 3 heterocycles. The van der Waals surface area contributed by atoms with Gasteiger partial charge >= 0.3 is 0 Å². The van der Waals surface area contributed by atoms with Crippen molar-refractivity contribution in [2.45, 2.75) is 39.2 Å². The molecule has 7 nitrogen and oxygen atoms in total. The van der Waals surface area contributed by atoms with Crippen molar-refractivity contribution in [1.29, 1.82) is 0 Å². The Hall–Kier alpha value is -2.83. The summed E-state index contributed by atoms with van der Waals surface area (Å²) in [6, 6.07) is 5.59. The summed E-state index contributed by atoms with van der Waals surface area (Å²) in [5.74, 6) is 3.42. The average molecular weight is 366 g/mol. The summed E-state index contributed by atoms with van der Waals surface area (Å²) >= 11 is 0. The quantitative estimate of drug-likeness (QED) is 0.881. The lowest BCUT2D eigenvalue weighted by Crippen LogP contribution is -2.33. The number of nitrogens with one attached hydrogen (secondary N) is 1. The molecule has 3 aliphatic rings. The first-order valence-electron chi connectivity index (χ1n) is 9.52. The largest absolute Gasteiger partial charge is 0.486 e. The van der Waals surface area contributed by atoms with Crippen LogP contribution in [0.5, 0.6) is 11.5 Å². The van der Waals surface area contributed by atoms with Gasteiger partial charge in [0.25, 0.3) is 0 Å². The van der Waals surface area contributed by atoms with E-state index in [-0.39, 0.29) is 11.8 Å². The molecule has 0 saturated heterocycles. The minimum Gasteiger partial charge on any atom is -0.486 e. The highest BCUT2D eigenvalue weighted by Crippen LogP contribution is 2.43. The van der Waals surface area contributed by atoms with E-state index in [0.717, 1.165) is 41.2 Å². The van der Waals surface area contributed by atoms with Gasteiger partial charge in [-0.05, 0) is 30.0 Å². The van der Waals surface area contributed by atoms with Crippen molar-refractivity contribution >= 4 is 11.7 Å². The first kappa shape index (κ1) is 16.4. The Morgan fingerprint density at radius 1 is 1.22 bits per heavy atom.